The van der Waals surface area contributed by atoms with Gasteiger partial charge in [-0.05, 0) is 36.8 Å². The molecule has 0 atom stereocenters. The SMILES string of the molecule is CN=C(NCCNC(=O)c1ccccc1Cl)N1CCC2(CCCC2)C1.I. The van der Waals surface area contributed by atoms with E-state index >= 15 is 0 Å². The zero-order valence-corrected chi connectivity index (χ0v) is 18.3. The van der Waals surface area contributed by atoms with Crippen molar-refractivity contribution < 1.29 is 4.79 Å². The van der Waals surface area contributed by atoms with Gasteiger partial charge < -0.3 is 15.5 Å². The van der Waals surface area contributed by atoms with Crippen molar-refractivity contribution in [1.82, 2.24) is 15.5 Å². The van der Waals surface area contributed by atoms with Gasteiger partial charge in [-0.1, -0.05) is 36.6 Å². The van der Waals surface area contributed by atoms with Gasteiger partial charge in [0.15, 0.2) is 5.96 Å². The molecule has 1 amide bonds. The van der Waals surface area contributed by atoms with Crippen LogP contribution in [0.15, 0.2) is 29.3 Å². The van der Waals surface area contributed by atoms with Crippen molar-refractivity contribution in [3.05, 3.63) is 34.9 Å². The molecule has 5 nitrogen and oxygen atoms in total. The van der Waals surface area contributed by atoms with Gasteiger partial charge in [0.1, 0.15) is 0 Å². The molecule has 2 aliphatic rings. The quantitative estimate of drug-likeness (QED) is 0.294. The molecule has 1 aromatic rings. The van der Waals surface area contributed by atoms with Crippen molar-refractivity contribution >= 4 is 47.4 Å². The van der Waals surface area contributed by atoms with Crippen molar-refractivity contribution in [2.75, 3.05) is 33.2 Å². The van der Waals surface area contributed by atoms with Crippen LogP contribution >= 0.6 is 35.6 Å². The molecule has 0 aromatic heterocycles. The lowest BCUT2D eigenvalue weighted by molar-refractivity contribution is 0.0954. The first kappa shape index (κ1) is 21.3. The minimum absolute atomic E-state index is 0. The number of hydrogen-bond donors (Lipinski definition) is 2. The molecule has 1 saturated heterocycles. The van der Waals surface area contributed by atoms with E-state index in [9.17, 15) is 4.79 Å². The number of likely N-dealkylation sites (tertiary alicyclic amines) is 1. The molecular weight excluding hydrogens is 463 g/mol. The fraction of sp³-hybridized carbons (Fsp3) is 0.579. The number of hydrogen-bond acceptors (Lipinski definition) is 2. The molecular formula is C19H28ClIN4O. The van der Waals surface area contributed by atoms with Crippen molar-refractivity contribution in [3.63, 3.8) is 0 Å². The second-order valence-corrected chi connectivity index (χ2v) is 7.50. The van der Waals surface area contributed by atoms with Crippen LogP contribution in [0.4, 0.5) is 0 Å². The molecule has 2 fully saturated rings. The molecule has 1 saturated carbocycles. The van der Waals surface area contributed by atoms with Crippen LogP contribution in [-0.4, -0.2) is 50.0 Å². The second kappa shape index (κ2) is 9.78. The summed E-state index contributed by atoms with van der Waals surface area (Å²) in [7, 11) is 1.82. The summed E-state index contributed by atoms with van der Waals surface area (Å²) in [6.07, 6.45) is 6.72. The van der Waals surface area contributed by atoms with Crippen molar-refractivity contribution in [1.29, 1.82) is 0 Å². The van der Waals surface area contributed by atoms with Crippen molar-refractivity contribution in [3.8, 4) is 0 Å². The summed E-state index contributed by atoms with van der Waals surface area (Å²) in [5.74, 6) is 0.796. The van der Waals surface area contributed by atoms with Crippen LogP contribution in [0.1, 0.15) is 42.5 Å². The van der Waals surface area contributed by atoms with Gasteiger partial charge in [0.2, 0.25) is 0 Å². The smallest absolute Gasteiger partial charge is 0.252 e. The van der Waals surface area contributed by atoms with Crippen LogP contribution in [0.3, 0.4) is 0 Å². The number of aliphatic imine (C=N–C) groups is 1. The highest BCUT2D eigenvalue weighted by Gasteiger charge is 2.40. The van der Waals surface area contributed by atoms with E-state index in [0.717, 1.165) is 19.0 Å². The van der Waals surface area contributed by atoms with E-state index in [1.807, 2.05) is 19.2 Å². The Labute approximate surface area is 178 Å². The fourth-order valence-corrected chi connectivity index (χ4v) is 4.29. The Bertz CT molecular complexity index is 646. The average molecular weight is 491 g/mol. The second-order valence-electron chi connectivity index (χ2n) is 7.09. The van der Waals surface area contributed by atoms with Gasteiger partial charge >= 0.3 is 0 Å². The monoisotopic (exact) mass is 490 g/mol. The van der Waals surface area contributed by atoms with Gasteiger partial charge in [-0.15, -0.1) is 24.0 Å². The van der Waals surface area contributed by atoms with Gasteiger partial charge in [0, 0.05) is 33.2 Å². The van der Waals surface area contributed by atoms with E-state index in [0.29, 0.717) is 29.1 Å². The van der Waals surface area contributed by atoms with E-state index in [1.165, 1.54) is 32.1 Å². The highest BCUT2D eigenvalue weighted by atomic mass is 127. The molecule has 144 valence electrons. The number of amides is 1. The first-order valence-electron chi connectivity index (χ1n) is 9.12. The number of nitrogens with zero attached hydrogens (tertiary/aromatic N) is 2. The third-order valence-corrected chi connectivity index (χ3v) is 5.76. The minimum Gasteiger partial charge on any atom is -0.354 e. The van der Waals surface area contributed by atoms with E-state index in [2.05, 4.69) is 20.5 Å². The lowest BCUT2D eigenvalue weighted by atomic mass is 9.86. The Morgan fingerprint density at radius 2 is 1.88 bits per heavy atom. The van der Waals surface area contributed by atoms with Crippen molar-refractivity contribution in [2.24, 2.45) is 10.4 Å². The van der Waals surface area contributed by atoms with Crippen molar-refractivity contribution in [2.45, 2.75) is 32.1 Å². The lowest BCUT2D eigenvalue weighted by Crippen LogP contribution is -2.44. The number of carbonyl (C=O) groups excluding carboxylic acids is 1. The van der Waals surface area contributed by atoms with E-state index in [-0.39, 0.29) is 29.9 Å². The number of carbonyl (C=O) groups is 1. The van der Waals surface area contributed by atoms with Gasteiger partial charge in [-0.25, -0.2) is 0 Å². The summed E-state index contributed by atoms with van der Waals surface area (Å²) in [5.41, 5.74) is 1.03. The maximum Gasteiger partial charge on any atom is 0.252 e. The van der Waals surface area contributed by atoms with Gasteiger partial charge in [0.05, 0.1) is 10.6 Å². The molecule has 7 heteroatoms. The number of rotatable bonds is 4. The third-order valence-electron chi connectivity index (χ3n) is 5.43. The molecule has 2 N–H and O–H groups in total. The zero-order chi connectivity index (χ0) is 17.7. The number of guanidine groups is 1. The number of halogens is 2. The fourth-order valence-electron chi connectivity index (χ4n) is 4.07. The van der Waals surface area contributed by atoms with Gasteiger partial charge in [0.25, 0.3) is 5.91 Å². The minimum atomic E-state index is -0.145. The summed E-state index contributed by atoms with van der Waals surface area (Å²) >= 11 is 6.05. The highest BCUT2D eigenvalue weighted by Crippen LogP contribution is 2.45. The predicted octanol–water partition coefficient (Wildman–Crippen LogP) is 3.53. The lowest BCUT2D eigenvalue weighted by Gasteiger charge is -2.26. The average Bonchev–Trinajstić information content (AvgIpc) is 3.25. The van der Waals surface area contributed by atoms with E-state index < -0.39 is 0 Å². The summed E-state index contributed by atoms with van der Waals surface area (Å²) in [6.45, 7) is 3.36. The van der Waals surface area contributed by atoms with E-state index in [1.54, 1.807) is 12.1 Å². The molecule has 1 spiro atoms. The largest absolute Gasteiger partial charge is 0.354 e. The topological polar surface area (TPSA) is 56.7 Å². The Morgan fingerprint density at radius 1 is 1.19 bits per heavy atom. The third kappa shape index (κ3) is 5.03. The number of benzene rings is 1. The van der Waals surface area contributed by atoms with Crippen LogP contribution in [-0.2, 0) is 0 Å². The maximum atomic E-state index is 12.1. The number of nitrogens with one attached hydrogen (secondary N) is 2. The van der Waals surface area contributed by atoms with E-state index in [4.69, 9.17) is 11.6 Å². The molecule has 1 aromatic carbocycles. The first-order valence-corrected chi connectivity index (χ1v) is 9.50. The maximum absolute atomic E-state index is 12.1. The summed E-state index contributed by atoms with van der Waals surface area (Å²) in [4.78, 5) is 18.9. The molecule has 3 rings (SSSR count). The van der Waals surface area contributed by atoms with Gasteiger partial charge in [-0.2, -0.15) is 0 Å². The summed E-state index contributed by atoms with van der Waals surface area (Å²) in [5, 5.41) is 6.74. The Balaban J connectivity index is 0.00000243. The molecule has 1 aliphatic heterocycles. The molecule has 1 heterocycles. The molecule has 0 bridgehead atoms. The summed E-state index contributed by atoms with van der Waals surface area (Å²) in [6, 6.07) is 7.09. The standard InChI is InChI=1S/C19H27ClN4O.HI/c1-21-18(24-13-10-19(14-24)8-4-5-9-19)23-12-11-22-17(25)15-6-2-3-7-16(15)20;/h2-3,6-7H,4-5,8-14H2,1H3,(H,21,23)(H,22,25);1H. The van der Waals surface area contributed by atoms with Crippen LogP contribution in [0.2, 0.25) is 5.02 Å². The normalized spacial score (nSPS) is 18.7. The van der Waals surface area contributed by atoms with Crippen LogP contribution in [0, 0.1) is 5.41 Å². The molecule has 26 heavy (non-hydrogen) atoms. The molecule has 0 unspecified atom stereocenters. The molecule has 1 aliphatic carbocycles. The Morgan fingerprint density at radius 3 is 2.58 bits per heavy atom. The van der Waals surface area contributed by atoms with Gasteiger partial charge in [-0.3, -0.25) is 9.79 Å². The zero-order valence-electron chi connectivity index (χ0n) is 15.3. The van der Waals surface area contributed by atoms with Crippen LogP contribution < -0.4 is 10.6 Å². The Hall–Kier alpha value is -1.02. The first-order chi connectivity index (χ1) is 12.1. The summed E-state index contributed by atoms with van der Waals surface area (Å²) < 4.78 is 0. The molecule has 0 radical (unpaired) electrons. The Kier molecular flexibility index (Phi) is 8.01. The highest BCUT2D eigenvalue weighted by molar-refractivity contribution is 14.0. The predicted molar refractivity (Wildman–Crippen MR) is 118 cm³/mol. The van der Waals surface area contributed by atoms with Crippen LogP contribution in [0.5, 0.6) is 0 Å². The van der Waals surface area contributed by atoms with Crippen LogP contribution in [0.25, 0.3) is 0 Å².